The first-order chi connectivity index (χ1) is 9.38. The van der Waals surface area contributed by atoms with Crippen LogP contribution in [0.3, 0.4) is 0 Å². The maximum absolute atomic E-state index is 13.1. The van der Waals surface area contributed by atoms with Gasteiger partial charge in [0, 0.05) is 5.54 Å². The third-order valence-electron chi connectivity index (χ3n) is 5.66. The van der Waals surface area contributed by atoms with Crippen molar-refractivity contribution in [3.05, 3.63) is 0 Å². The lowest BCUT2D eigenvalue weighted by atomic mass is 9.76. The molecule has 112 valence electrons. The zero-order valence-corrected chi connectivity index (χ0v) is 12.9. The Morgan fingerprint density at radius 1 is 1.15 bits per heavy atom. The lowest BCUT2D eigenvalue weighted by molar-refractivity contribution is -0.163. The number of carbonyl (C=O) groups excluding carboxylic acids is 2. The molecule has 3 rings (SSSR count). The zero-order chi connectivity index (χ0) is 14.5. The highest BCUT2D eigenvalue weighted by Gasteiger charge is 2.56. The quantitative estimate of drug-likeness (QED) is 0.842. The number of nitrogens with zero attached hydrogens (tertiary/aromatic N) is 1. The van der Waals surface area contributed by atoms with Crippen molar-refractivity contribution in [2.45, 2.75) is 82.8 Å². The summed E-state index contributed by atoms with van der Waals surface area (Å²) in [5, 5.41) is 3.06. The fourth-order valence-corrected chi connectivity index (χ4v) is 4.16. The van der Waals surface area contributed by atoms with Crippen LogP contribution in [0.25, 0.3) is 0 Å². The van der Waals surface area contributed by atoms with E-state index in [9.17, 15) is 9.59 Å². The van der Waals surface area contributed by atoms with E-state index in [0.717, 1.165) is 25.7 Å². The standard InChI is InChI=1S/C16H26N2O2/c1-11-13(19)17-16(9-5-4-6-10-16)14(20)18(11)15(2,3)12-7-8-12/h11-12H,4-10H2,1-3H3,(H,17,19). The molecule has 1 saturated heterocycles. The number of nitrogens with one attached hydrogen (secondary N) is 1. The summed E-state index contributed by atoms with van der Waals surface area (Å²) in [5.41, 5.74) is -0.799. The summed E-state index contributed by atoms with van der Waals surface area (Å²) in [6, 6.07) is -0.342. The first-order valence-electron chi connectivity index (χ1n) is 8.04. The molecule has 1 unspecified atom stereocenters. The number of hydrogen-bond donors (Lipinski definition) is 1. The smallest absolute Gasteiger partial charge is 0.249 e. The minimum atomic E-state index is -0.603. The Hall–Kier alpha value is -1.06. The average Bonchev–Trinajstić information content (AvgIpc) is 3.22. The van der Waals surface area contributed by atoms with Crippen molar-refractivity contribution < 1.29 is 9.59 Å². The summed E-state index contributed by atoms with van der Waals surface area (Å²) in [5.74, 6) is 0.752. The van der Waals surface area contributed by atoms with Gasteiger partial charge in [-0.2, -0.15) is 0 Å². The highest BCUT2D eigenvalue weighted by molar-refractivity contribution is 6.00. The average molecular weight is 278 g/mol. The molecule has 1 atom stereocenters. The Morgan fingerprint density at radius 2 is 1.75 bits per heavy atom. The van der Waals surface area contributed by atoms with E-state index in [-0.39, 0.29) is 23.4 Å². The number of carbonyl (C=O) groups is 2. The first kappa shape index (κ1) is 13.9. The van der Waals surface area contributed by atoms with E-state index >= 15 is 0 Å². The monoisotopic (exact) mass is 278 g/mol. The first-order valence-corrected chi connectivity index (χ1v) is 8.04. The van der Waals surface area contributed by atoms with Gasteiger partial charge in [0.1, 0.15) is 11.6 Å². The Kier molecular flexibility index (Phi) is 3.11. The second-order valence-corrected chi connectivity index (χ2v) is 7.41. The minimum absolute atomic E-state index is 0.0280. The molecule has 3 aliphatic rings. The molecule has 2 aliphatic carbocycles. The third-order valence-corrected chi connectivity index (χ3v) is 5.66. The molecule has 2 amide bonds. The summed E-state index contributed by atoms with van der Waals surface area (Å²) in [4.78, 5) is 27.5. The van der Waals surface area contributed by atoms with Gasteiger partial charge in [-0.3, -0.25) is 9.59 Å². The fourth-order valence-electron chi connectivity index (χ4n) is 4.16. The van der Waals surface area contributed by atoms with E-state index in [4.69, 9.17) is 0 Å². The minimum Gasteiger partial charge on any atom is -0.340 e. The summed E-state index contributed by atoms with van der Waals surface area (Å²) < 4.78 is 0. The predicted molar refractivity (Wildman–Crippen MR) is 77.1 cm³/mol. The van der Waals surface area contributed by atoms with Crippen LogP contribution in [0, 0.1) is 5.92 Å². The Balaban J connectivity index is 1.94. The van der Waals surface area contributed by atoms with E-state index in [1.165, 1.54) is 19.3 Å². The van der Waals surface area contributed by atoms with Crippen molar-refractivity contribution >= 4 is 11.8 Å². The van der Waals surface area contributed by atoms with E-state index < -0.39 is 5.54 Å². The largest absolute Gasteiger partial charge is 0.340 e. The van der Waals surface area contributed by atoms with Gasteiger partial charge in [-0.05, 0) is 52.4 Å². The fraction of sp³-hybridized carbons (Fsp3) is 0.875. The van der Waals surface area contributed by atoms with Gasteiger partial charge in [0.15, 0.2) is 0 Å². The molecule has 3 fully saturated rings. The van der Waals surface area contributed by atoms with Gasteiger partial charge in [0.2, 0.25) is 11.8 Å². The molecule has 0 aromatic heterocycles. The van der Waals surface area contributed by atoms with Crippen molar-refractivity contribution in [3.8, 4) is 0 Å². The van der Waals surface area contributed by atoms with Crippen molar-refractivity contribution in [2.75, 3.05) is 0 Å². The number of rotatable bonds is 2. The second kappa shape index (κ2) is 4.47. The Morgan fingerprint density at radius 3 is 2.30 bits per heavy atom. The van der Waals surface area contributed by atoms with Crippen molar-refractivity contribution in [3.63, 3.8) is 0 Å². The van der Waals surface area contributed by atoms with Crippen molar-refractivity contribution in [1.29, 1.82) is 0 Å². The van der Waals surface area contributed by atoms with Crippen molar-refractivity contribution in [2.24, 2.45) is 5.92 Å². The molecule has 1 heterocycles. The van der Waals surface area contributed by atoms with Crippen LogP contribution in [0.5, 0.6) is 0 Å². The summed E-state index contributed by atoms with van der Waals surface area (Å²) >= 11 is 0. The molecule has 0 radical (unpaired) electrons. The van der Waals surface area contributed by atoms with E-state index in [1.54, 1.807) is 0 Å². The van der Waals surface area contributed by atoms with Crippen molar-refractivity contribution in [1.82, 2.24) is 10.2 Å². The van der Waals surface area contributed by atoms with Crippen LogP contribution in [0.15, 0.2) is 0 Å². The van der Waals surface area contributed by atoms with Crippen LogP contribution >= 0.6 is 0 Å². The number of amides is 2. The van der Waals surface area contributed by atoms with E-state index in [2.05, 4.69) is 19.2 Å². The van der Waals surface area contributed by atoms with Gasteiger partial charge in [-0.15, -0.1) is 0 Å². The van der Waals surface area contributed by atoms with Crippen LogP contribution in [-0.4, -0.2) is 33.8 Å². The van der Waals surface area contributed by atoms with Crippen LogP contribution in [-0.2, 0) is 9.59 Å². The second-order valence-electron chi connectivity index (χ2n) is 7.41. The molecule has 4 heteroatoms. The summed E-state index contributed by atoms with van der Waals surface area (Å²) in [7, 11) is 0. The van der Waals surface area contributed by atoms with E-state index in [0.29, 0.717) is 5.92 Å². The maximum Gasteiger partial charge on any atom is 0.249 e. The molecule has 4 nitrogen and oxygen atoms in total. The van der Waals surface area contributed by atoms with Gasteiger partial charge in [-0.25, -0.2) is 0 Å². The van der Waals surface area contributed by atoms with Gasteiger partial charge < -0.3 is 10.2 Å². The van der Waals surface area contributed by atoms with Crippen LogP contribution in [0.2, 0.25) is 0 Å². The molecule has 1 spiro atoms. The molecule has 20 heavy (non-hydrogen) atoms. The molecule has 2 saturated carbocycles. The third kappa shape index (κ3) is 1.95. The van der Waals surface area contributed by atoms with Crippen LogP contribution in [0.1, 0.15) is 65.7 Å². The Bertz CT molecular complexity index is 434. The number of piperazine rings is 1. The normalized spacial score (nSPS) is 30.6. The molecular formula is C16H26N2O2. The van der Waals surface area contributed by atoms with Gasteiger partial charge in [0.05, 0.1) is 0 Å². The predicted octanol–water partition coefficient (Wildman–Crippen LogP) is 2.22. The lowest BCUT2D eigenvalue weighted by Gasteiger charge is -2.52. The van der Waals surface area contributed by atoms with Gasteiger partial charge >= 0.3 is 0 Å². The molecule has 1 aliphatic heterocycles. The Labute approximate surface area is 121 Å². The summed E-state index contributed by atoms with van der Waals surface area (Å²) in [6.45, 7) is 6.13. The summed E-state index contributed by atoms with van der Waals surface area (Å²) in [6.07, 6.45) is 7.22. The number of hydrogen-bond acceptors (Lipinski definition) is 2. The van der Waals surface area contributed by atoms with Crippen LogP contribution < -0.4 is 5.32 Å². The van der Waals surface area contributed by atoms with Crippen LogP contribution in [0.4, 0.5) is 0 Å². The molecule has 0 aromatic carbocycles. The zero-order valence-electron chi connectivity index (χ0n) is 12.9. The highest BCUT2D eigenvalue weighted by Crippen LogP contribution is 2.46. The molecule has 0 aromatic rings. The maximum atomic E-state index is 13.1. The molecule has 1 N–H and O–H groups in total. The van der Waals surface area contributed by atoms with Gasteiger partial charge in [0.25, 0.3) is 0 Å². The lowest BCUT2D eigenvalue weighted by Crippen LogP contribution is -2.74. The van der Waals surface area contributed by atoms with Gasteiger partial charge in [-0.1, -0.05) is 19.3 Å². The topological polar surface area (TPSA) is 49.4 Å². The molecule has 0 bridgehead atoms. The van der Waals surface area contributed by atoms with E-state index in [1.807, 2.05) is 11.8 Å². The molecular weight excluding hydrogens is 252 g/mol. The SMILES string of the molecule is CC1C(=O)NC2(CCCCC2)C(=O)N1C(C)(C)C1CC1. The highest BCUT2D eigenvalue weighted by atomic mass is 16.2.